The number of carbonyl (C=O) groups excluding carboxylic acids is 1. The number of alkyl halides is 3. The number of carbonyl (C=O) groups is 1. The van der Waals surface area contributed by atoms with Gasteiger partial charge in [-0.3, -0.25) is 14.5 Å². The van der Waals surface area contributed by atoms with E-state index in [4.69, 9.17) is 0 Å². The first-order chi connectivity index (χ1) is 19.1. The van der Waals surface area contributed by atoms with E-state index in [0.717, 1.165) is 44.4 Å². The Bertz CT molecular complexity index is 1460. The van der Waals surface area contributed by atoms with Gasteiger partial charge >= 0.3 is 6.18 Å². The molecule has 1 aromatic carbocycles. The van der Waals surface area contributed by atoms with Crippen LogP contribution in [0, 0.1) is 5.82 Å². The second kappa shape index (κ2) is 11.2. The summed E-state index contributed by atoms with van der Waals surface area (Å²) >= 11 is 0. The number of H-pyrrole nitrogens is 1. The number of hydrogen-bond donors (Lipinski definition) is 2. The number of nitrogens with one attached hydrogen (secondary N) is 2. The summed E-state index contributed by atoms with van der Waals surface area (Å²) < 4.78 is 55.2. The van der Waals surface area contributed by atoms with Crippen LogP contribution in [-0.4, -0.2) is 70.4 Å². The Morgan fingerprint density at radius 1 is 1.12 bits per heavy atom. The first-order valence-electron chi connectivity index (χ1n) is 12.6. The molecule has 4 heterocycles. The molecule has 1 unspecified atom stereocenters. The molecule has 2 aliphatic rings. The van der Waals surface area contributed by atoms with E-state index >= 15 is 0 Å². The number of likely N-dealkylation sites (N-methyl/N-ethyl adjacent to an activating group) is 1. The van der Waals surface area contributed by atoms with Crippen LogP contribution in [0.3, 0.4) is 0 Å². The predicted octanol–water partition coefficient (Wildman–Crippen LogP) is 3.44. The molecule has 2 aliphatic heterocycles. The Balaban J connectivity index is 1.33. The standard InChI is InChI=1S/C27H27F4N7O2/c1-36-7-9-37(10-8-36)16-17-13-33-26(34-14-17)38-6-2-3-23(38)19-11-18(4-5-22(19)28)35-25(40)20-15-32-24(39)12-21(20)27(29,30)31/h2-5,11-15,23H,6-10,16H2,1H3,(H,32,39)(H,35,40). The van der Waals surface area contributed by atoms with Crippen LogP contribution in [0.1, 0.15) is 33.1 Å². The molecule has 0 bridgehead atoms. The van der Waals surface area contributed by atoms with Crippen molar-refractivity contribution in [1.82, 2.24) is 24.8 Å². The third-order valence-corrected chi connectivity index (χ3v) is 6.95. The van der Waals surface area contributed by atoms with Crippen molar-refractivity contribution in [2.45, 2.75) is 18.8 Å². The largest absolute Gasteiger partial charge is 0.417 e. The molecule has 1 atom stereocenters. The molecule has 0 saturated carbocycles. The Hall–Kier alpha value is -4.10. The zero-order valence-corrected chi connectivity index (χ0v) is 21.6. The van der Waals surface area contributed by atoms with Crippen LogP contribution in [0.5, 0.6) is 0 Å². The van der Waals surface area contributed by atoms with Crippen molar-refractivity contribution >= 4 is 17.5 Å². The maximum Gasteiger partial charge on any atom is 0.417 e. The number of nitrogens with zero attached hydrogens (tertiary/aromatic N) is 5. The quantitative estimate of drug-likeness (QED) is 0.354. The number of halogens is 4. The number of aromatic amines is 1. The average molecular weight is 558 g/mol. The van der Waals surface area contributed by atoms with Gasteiger partial charge in [0.2, 0.25) is 11.5 Å². The zero-order chi connectivity index (χ0) is 28.4. The van der Waals surface area contributed by atoms with E-state index < -0.39 is 40.6 Å². The molecule has 13 heteroatoms. The molecule has 1 amide bonds. The Labute approximate surface area is 227 Å². The van der Waals surface area contributed by atoms with Crippen molar-refractivity contribution < 1.29 is 22.4 Å². The molecular weight excluding hydrogens is 530 g/mol. The Morgan fingerprint density at radius 3 is 2.55 bits per heavy atom. The van der Waals surface area contributed by atoms with Crippen molar-refractivity contribution in [3.8, 4) is 0 Å². The average Bonchev–Trinajstić information content (AvgIpc) is 3.41. The second-order valence-corrected chi connectivity index (χ2v) is 9.81. The van der Waals surface area contributed by atoms with Gasteiger partial charge in [0.05, 0.1) is 17.2 Å². The summed E-state index contributed by atoms with van der Waals surface area (Å²) in [6.45, 7) is 5.08. The fourth-order valence-corrected chi connectivity index (χ4v) is 4.78. The minimum Gasteiger partial charge on any atom is -0.328 e. The van der Waals surface area contributed by atoms with E-state index in [9.17, 15) is 27.2 Å². The number of aromatic nitrogens is 3. The van der Waals surface area contributed by atoms with Gasteiger partial charge < -0.3 is 20.1 Å². The SMILES string of the molecule is CN1CCN(Cc2cnc(N3CC=CC3c3cc(NC(=O)c4c[nH]c(=O)cc4C(F)(F)F)ccc3F)nc2)CC1. The zero-order valence-electron chi connectivity index (χ0n) is 21.6. The fraction of sp³-hybridized carbons (Fsp3) is 0.333. The smallest absolute Gasteiger partial charge is 0.328 e. The molecule has 1 fully saturated rings. The van der Waals surface area contributed by atoms with Crippen molar-refractivity contribution in [3.05, 3.63) is 93.4 Å². The van der Waals surface area contributed by atoms with E-state index in [1.807, 2.05) is 6.08 Å². The minimum absolute atomic E-state index is 0.0874. The highest BCUT2D eigenvalue weighted by molar-refractivity contribution is 6.05. The van der Waals surface area contributed by atoms with Crippen LogP contribution < -0.4 is 15.8 Å². The van der Waals surface area contributed by atoms with E-state index in [-0.39, 0.29) is 11.3 Å². The summed E-state index contributed by atoms with van der Waals surface area (Å²) in [5, 5.41) is 2.38. The van der Waals surface area contributed by atoms with E-state index in [0.29, 0.717) is 24.8 Å². The highest BCUT2D eigenvalue weighted by Crippen LogP contribution is 2.34. The molecule has 2 N–H and O–H groups in total. The van der Waals surface area contributed by atoms with Gasteiger partial charge in [0, 0.05) is 80.7 Å². The number of piperazine rings is 1. The molecule has 0 aliphatic carbocycles. The van der Waals surface area contributed by atoms with Crippen LogP contribution in [0.2, 0.25) is 0 Å². The normalized spacial score (nSPS) is 18.3. The summed E-state index contributed by atoms with van der Waals surface area (Å²) in [6.07, 6.45) is 2.92. The third-order valence-electron chi connectivity index (χ3n) is 6.95. The number of pyridine rings is 1. The van der Waals surface area contributed by atoms with Crippen LogP contribution in [-0.2, 0) is 12.7 Å². The molecule has 9 nitrogen and oxygen atoms in total. The molecule has 1 saturated heterocycles. The van der Waals surface area contributed by atoms with Gasteiger partial charge in [0.1, 0.15) is 5.82 Å². The highest BCUT2D eigenvalue weighted by atomic mass is 19.4. The first-order valence-corrected chi connectivity index (χ1v) is 12.6. The summed E-state index contributed by atoms with van der Waals surface area (Å²) in [6, 6.07) is 3.47. The van der Waals surface area contributed by atoms with Gasteiger partial charge in [0.15, 0.2) is 0 Å². The fourth-order valence-electron chi connectivity index (χ4n) is 4.78. The van der Waals surface area contributed by atoms with Gasteiger partial charge in [-0.05, 0) is 25.2 Å². The summed E-state index contributed by atoms with van der Waals surface area (Å²) in [4.78, 5) is 41.6. The summed E-state index contributed by atoms with van der Waals surface area (Å²) in [5.41, 5.74) is -1.87. The van der Waals surface area contributed by atoms with Crippen LogP contribution in [0.15, 0.2) is 59.8 Å². The van der Waals surface area contributed by atoms with Gasteiger partial charge in [-0.2, -0.15) is 13.2 Å². The van der Waals surface area contributed by atoms with Gasteiger partial charge in [-0.1, -0.05) is 12.2 Å². The maximum atomic E-state index is 15.0. The molecule has 0 spiro atoms. The monoisotopic (exact) mass is 557 g/mol. The van der Waals surface area contributed by atoms with Crippen LogP contribution in [0.25, 0.3) is 0 Å². The number of rotatable bonds is 6. The van der Waals surface area contributed by atoms with Crippen molar-refractivity contribution in [2.75, 3.05) is 50.0 Å². The lowest BCUT2D eigenvalue weighted by Gasteiger charge is -2.32. The molecular formula is C27H27F4N7O2. The number of hydrogen-bond acceptors (Lipinski definition) is 7. The van der Waals surface area contributed by atoms with Gasteiger partial charge in [-0.15, -0.1) is 0 Å². The molecule has 0 radical (unpaired) electrons. The van der Waals surface area contributed by atoms with Crippen LogP contribution >= 0.6 is 0 Å². The van der Waals surface area contributed by atoms with Gasteiger partial charge in [-0.25, -0.2) is 14.4 Å². The lowest BCUT2D eigenvalue weighted by atomic mass is 10.0. The van der Waals surface area contributed by atoms with E-state index in [1.54, 1.807) is 23.4 Å². The predicted molar refractivity (Wildman–Crippen MR) is 140 cm³/mol. The lowest BCUT2D eigenvalue weighted by molar-refractivity contribution is -0.138. The van der Waals surface area contributed by atoms with Crippen molar-refractivity contribution in [2.24, 2.45) is 0 Å². The second-order valence-electron chi connectivity index (χ2n) is 9.81. The van der Waals surface area contributed by atoms with E-state index in [2.05, 4.69) is 37.1 Å². The molecule has 210 valence electrons. The first kappa shape index (κ1) is 27.5. The number of benzene rings is 1. The third kappa shape index (κ3) is 6.05. The lowest BCUT2D eigenvalue weighted by Crippen LogP contribution is -2.43. The molecule has 2 aromatic heterocycles. The molecule has 5 rings (SSSR count). The Kier molecular flexibility index (Phi) is 7.68. The summed E-state index contributed by atoms with van der Waals surface area (Å²) in [7, 11) is 2.10. The topological polar surface area (TPSA) is 97.5 Å². The number of amides is 1. The summed E-state index contributed by atoms with van der Waals surface area (Å²) in [5.74, 6) is -1.26. The van der Waals surface area contributed by atoms with Crippen molar-refractivity contribution in [3.63, 3.8) is 0 Å². The van der Waals surface area contributed by atoms with Crippen LogP contribution in [0.4, 0.5) is 29.2 Å². The maximum absolute atomic E-state index is 15.0. The van der Waals surface area contributed by atoms with Crippen molar-refractivity contribution in [1.29, 1.82) is 0 Å². The highest BCUT2D eigenvalue weighted by Gasteiger charge is 2.36. The van der Waals surface area contributed by atoms with Gasteiger partial charge in [0.25, 0.3) is 5.91 Å². The minimum atomic E-state index is -4.91. The molecule has 3 aromatic rings. The molecule has 40 heavy (non-hydrogen) atoms. The number of anilines is 2. The Morgan fingerprint density at radius 2 is 1.85 bits per heavy atom. The van der Waals surface area contributed by atoms with E-state index in [1.165, 1.54) is 12.1 Å².